The molecule has 0 radical (unpaired) electrons. The molecule has 3 nitrogen and oxygen atoms in total. The first-order valence-corrected chi connectivity index (χ1v) is 12.8. The highest BCUT2D eigenvalue weighted by atomic mass is 16.5. The van der Waals surface area contributed by atoms with E-state index in [4.69, 9.17) is 4.52 Å². The Morgan fingerprint density at radius 1 is 0.750 bits per heavy atom. The van der Waals surface area contributed by atoms with Crippen LogP contribution in [0.15, 0.2) is 53.1 Å². The first kappa shape index (κ1) is 22.8. The predicted octanol–water partition coefficient (Wildman–Crippen LogP) is 8.60. The van der Waals surface area contributed by atoms with E-state index in [-0.39, 0.29) is 0 Å². The molecule has 0 aliphatic heterocycles. The van der Waals surface area contributed by atoms with Gasteiger partial charge in [0.15, 0.2) is 0 Å². The summed E-state index contributed by atoms with van der Waals surface area (Å²) in [6, 6.07) is 17.8. The Labute approximate surface area is 193 Å². The van der Waals surface area contributed by atoms with Crippen LogP contribution in [0.5, 0.6) is 0 Å². The van der Waals surface area contributed by atoms with Crippen LogP contribution in [-0.2, 0) is 6.42 Å². The van der Waals surface area contributed by atoms with Gasteiger partial charge >= 0.3 is 0 Å². The third-order valence-corrected chi connectivity index (χ3v) is 7.13. The van der Waals surface area contributed by atoms with Crippen LogP contribution in [0, 0.1) is 5.92 Å². The number of nitrogens with zero attached hydrogens (tertiary/aromatic N) is 2. The zero-order valence-corrected chi connectivity index (χ0v) is 19.9. The summed E-state index contributed by atoms with van der Waals surface area (Å²) < 4.78 is 5.38. The minimum Gasteiger partial charge on any atom is -0.339 e. The molecule has 0 saturated heterocycles. The zero-order valence-electron chi connectivity index (χ0n) is 19.9. The summed E-state index contributed by atoms with van der Waals surface area (Å²) in [4.78, 5) is 4.53. The van der Waals surface area contributed by atoms with Crippen LogP contribution in [0.1, 0.15) is 95.4 Å². The van der Waals surface area contributed by atoms with Gasteiger partial charge in [-0.05, 0) is 60.6 Å². The fraction of sp³-hybridized carbons (Fsp3) is 0.517. The smallest absolute Gasteiger partial charge is 0.226 e. The second-order valence-electron chi connectivity index (χ2n) is 9.53. The van der Waals surface area contributed by atoms with Gasteiger partial charge in [0.2, 0.25) is 11.7 Å². The van der Waals surface area contributed by atoms with E-state index >= 15 is 0 Å². The Bertz CT molecular complexity index is 934. The van der Waals surface area contributed by atoms with Gasteiger partial charge in [0.1, 0.15) is 0 Å². The molecule has 4 rings (SSSR count). The Hall–Kier alpha value is -2.42. The van der Waals surface area contributed by atoms with Crippen molar-refractivity contribution in [2.45, 2.75) is 90.4 Å². The molecule has 1 aliphatic rings. The average molecular weight is 431 g/mol. The Balaban J connectivity index is 1.33. The third-order valence-electron chi connectivity index (χ3n) is 7.13. The highest BCUT2D eigenvalue weighted by molar-refractivity contribution is 5.67. The largest absolute Gasteiger partial charge is 0.339 e. The Kier molecular flexibility index (Phi) is 8.14. The Morgan fingerprint density at radius 3 is 2.03 bits per heavy atom. The molecular weight excluding hydrogens is 392 g/mol. The summed E-state index contributed by atoms with van der Waals surface area (Å²) in [7, 11) is 0. The number of aryl methyl sites for hydroxylation is 1. The topological polar surface area (TPSA) is 38.9 Å². The minimum atomic E-state index is 0.684. The molecule has 0 bridgehead atoms. The molecule has 0 atom stereocenters. The molecule has 1 aromatic heterocycles. The molecule has 32 heavy (non-hydrogen) atoms. The van der Waals surface area contributed by atoms with Crippen LogP contribution in [0.4, 0.5) is 0 Å². The molecule has 0 amide bonds. The molecule has 170 valence electrons. The van der Waals surface area contributed by atoms with Crippen molar-refractivity contribution in [1.82, 2.24) is 10.1 Å². The van der Waals surface area contributed by atoms with Gasteiger partial charge in [-0.15, -0.1) is 0 Å². The molecule has 2 aromatic carbocycles. The van der Waals surface area contributed by atoms with Crippen LogP contribution < -0.4 is 0 Å². The van der Waals surface area contributed by atoms with Gasteiger partial charge < -0.3 is 4.52 Å². The number of unbranched alkanes of at least 4 members (excludes halogenated alkanes) is 3. The van der Waals surface area contributed by atoms with Gasteiger partial charge in [0, 0.05) is 12.0 Å². The predicted molar refractivity (Wildman–Crippen MR) is 133 cm³/mol. The van der Waals surface area contributed by atoms with Crippen molar-refractivity contribution in [2.24, 2.45) is 5.92 Å². The molecule has 3 aromatic rings. The van der Waals surface area contributed by atoms with Crippen molar-refractivity contribution in [1.29, 1.82) is 0 Å². The summed E-state index contributed by atoms with van der Waals surface area (Å²) in [6.07, 6.45) is 14.2. The van der Waals surface area contributed by atoms with E-state index in [9.17, 15) is 0 Å². The van der Waals surface area contributed by atoms with E-state index in [0.717, 1.165) is 42.6 Å². The second-order valence-corrected chi connectivity index (χ2v) is 9.53. The second kappa shape index (κ2) is 11.4. The van der Waals surface area contributed by atoms with Crippen molar-refractivity contribution >= 4 is 0 Å². The molecule has 1 fully saturated rings. The summed E-state index contributed by atoms with van der Waals surface area (Å²) >= 11 is 0. The van der Waals surface area contributed by atoms with E-state index < -0.39 is 0 Å². The fourth-order valence-electron chi connectivity index (χ4n) is 5.03. The van der Waals surface area contributed by atoms with Crippen molar-refractivity contribution in [3.63, 3.8) is 0 Å². The minimum absolute atomic E-state index is 0.684. The van der Waals surface area contributed by atoms with Gasteiger partial charge in [-0.3, -0.25) is 0 Å². The number of aromatic nitrogens is 2. The summed E-state index contributed by atoms with van der Waals surface area (Å²) in [5.74, 6) is 3.13. The SMILES string of the molecule is CCCCCC1CCC(c2ccc(-c3ccc(-c4noc(CCCC)n4)cc3)cc2)CC1. The van der Waals surface area contributed by atoms with Crippen LogP contribution in [0.2, 0.25) is 0 Å². The summed E-state index contributed by atoms with van der Waals surface area (Å²) in [5, 5.41) is 4.14. The Morgan fingerprint density at radius 2 is 1.38 bits per heavy atom. The van der Waals surface area contributed by atoms with Gasteiger partial charge in [-0.2, -0.15) is 4.98 Å². The standard InChI is InChI=1S/C29H38N2O/c1-3-5-7-8-22-10-12-23(13-11-22)24-14-16-25(17-15-24)26-18-20-27(21-19-26)29-30-28(32-31-29)9-6-4-2/h14-23H,3-13H2,1-2H3. The molecule has 0 N–H and O–H groups in total. The molecule has 1 heterocycles. The summed E-state index contributed by atoms with van der Waals surface area (Å²) in [5.41, 5.74) is 5.02. The number of hydrogen-bond acceptors (Lipinski definition) is 3. The van der Waals surface area contributed by atoms with Gasteiger partial charge in [0.25, 0.3) is 0 Å². The van der Waals surface area contributed by atoms with E-state index in [1.165, 1.54) is 68.1 Å². The van der Waals surface area contributed by atoms with Gasteiger partial charge in [0.05, 0.1) is 0 Å². The quantitative estimate of drug-likeness (QED) is 0.302. The number of hydrogen-bond donors (Lipinski definition) is 0. The van der Waals surface area contributed by atoms with Crippen LogP contribution >= 0.6 is 0 Å². The van der Waals surface area contributed by atoms with Crippen molar-refractivity contribution in [3.8, 4) is 22.5 Å². The monoisotopic (exact) mass is 430 g/mol. The van der Waals surface area contributed by atoms with Crippen molar-refractivity contribution in [3.05, 3.63) is 60.0 Å². The van der Waals surface area contributed by atoms with Gasteiger partial charge in [-0.1, -0.05) is 99.6 Å². The normalized spacial score (nSPS) is 18.7. The highest BCUT2D eigenvalue weighted by Crippen LogP contribution is 2.38. The highest BCUT2D eigenvalue weighted by Gasteiger charge is 2.22. The molecule has 3 heteroatoms. The van der Waals surface area contributed by atoms with Crippen LogP contribution in [0.3, 0.4) is 0 Å². The zero-order chi connectivity index (χ0) is 22.2. The maximum atomic E-state index is 5.38. The van der Waals surface area contributed by atoms with Crippen molar-refractivity contribution in [2.75, 3.05) is 0 Å². The average Bonchev–Trinajstić information content (AvgIpc) is 3.33. The van der Waals surface area contributed by atoms with Gasteiger partial charge in [-0.25, -0.2) is 0 Å². The molecule has 1 aliphatic carbocycles. The van der Waals surface area contributed by atoms with E-state index in [0.29, 0.717) is 5.82 Å². The number of rotatable bonds is 10. The third kappa shape index (κ3) is 5.88. The first-order chi connectivity index (χ1) is 15.8. The van der Waals surface area contributed by atoms with Crippen LogP contribution in [-0.4, -0.2) is 10.1 Å². The lowest BCUT2D eigenvalue weighted by Gasteiger charge is -2.29. The molecule has 0 unspecified atom stereocenters. The lowest BCUT2D eigenvalue weighted by Crippen LogP contribution is -2.13. The van der Waals surface area contributed by atoms with E-state index in [1.807, 2.05) is 0 Å². The van der Waals surface area contributed by atoms with E-state index in [1.54, 1.807) is 0 Å². The molecule has 1 saturated carbocycles. The van der Waals surface area contributed by atoms with Crippen molar-refractivity contribution < 1.29 is 4.52 Å². The lowest BCUT2D eigenvalue weighted by molar-refractivity contribution is 0.303. The molecule has 0 spiro atoms. The number of benzene rings is 2. The first-order valence-electron chi connectivity index (χ1n) is 12.8. The lowest BCUT2D eigenvalue weighted by atomic mass is 9.77. The summed E-state index contributed by atoms with van der Waals surface area (Å²) in [6.45, 7) is 4.47. The molecular formula is C29H38N2O. The maximum Gasteiger partial charge on any atom is 0.226 e. The van der Waals surface area contributed by atoms with Crippen LogP contribution in [0.25, 0.3) is 22.5 Å². The fourth-order valence-corrected chi connectivity index (χ4v) is 5.03. The van der Waals surface area contributed by atoms with E-state index in [2.05, 4.69) is 72.5 Å². The maximum absolute atomic E-state index is 5.38.